The van der Waals surface area contributed by atoms with Crippen LogP contribution in [-0.4, -0.2) is 22.1 Å². The van der Waals surface area contributed by atoms with Crippen molar-refractivity contribution in [2.24, 2.45) is 0 Å². The maximum absolute atomic E-state index is 9.15. The molecule has 2 N–H and O–H groups in total. The SMILES string of the molecule is CCCP(O)OP(O)CCC. The standard InChI is InChI=1S/C6H16O3P2/c1-3-5-10(7)9-11(8)6-4-2/h7-8H,3-6H2,1-2H3. The molecule has 5 heteroatoms. The lowest BCUT2D eigenvalue weighted by atomic mass is 10.6. The maximum Gasteiger partial charge on any atom is 0.173 e. The van der Waals surface area contributed by atoms with Gasteiger partial charge in [0.25, 0.3) is 0 Å². The van der Waals surface area contributed by atoms with Gasteiger partial charge in [0, 0.05) is 12.3 Å². The molecular formula is C6H16O3P2. The van der Waals surface area contributed by atoms with Crippen LogP contribution in [0.4, 0.5) is 0 Å². The lowest BCUT2D eigenvalue weighted by Gasteiger charge is -2.13. The molecule has 0 amide bonds. The van der Waals surface area contributed by atoms with Crippen LogP contribution in [0.2, 0.25) is 0 Å². The highest BCUT2D eigenvalue weighted by atomic mass is 31.2. The van der Waals surface area contributed by atoms with Crippen molar-refractivity contribution in [3.8, 4) is 0 Å². The Labute approximate surface area is 70.6 Å². The van der Waals surface area contributed by atoms with Crippen molar-refractivity contribution in [1.82, 2.24) is 0 Å². The van der Waals surface area contributed by atoms with Gasteiger partial charge in [0.1, 0.15) is 0 Å². The van der Waals surface area contributed by atoms with Crippen LogP contribution in [-0.2, 0) is 4.31 Å². The molecule has 0 aromatic carbocycles. The van der Waals surface area contributed by atoms with Crippen LogP contribution in [0.1, 0.15) is 26.7 Å². The Kier molecular flexibility index (Phi) is 7.89. The minimum atomic E-state index is -1.35. The Morgan fingerprint density at radius 3 is 1.64 bits per heavy atom. The average molecular weight is 198 g/mol. The van der Waals surface area contributed by atoms with Gasteiger partial charge in [-0.1, -0.05) is 13.8 Å². The number of hydrogen-bond acceptors (Lipinski definition) is 3. The van der Waals surface area contributed by atoms with E-state index in [-0.39, 0.29) is 0 Å². The molecule has 0 saturated carbocycles. The first-order valence-electron chi connectivity index (χ1n) is 3.81. The second-order valence-electron chi connectivity index (χ2n) is 2.23. The summed E-state index contributed by atoms with van der Waals surface area (Å²) in [7, 11) is -2.71. The average Bonchev–Trinajstić information content (AvgIpc) is 1.87. The molecule has 0 aliphatic rings. The molecule has 0 fully saturated rings. The van der Waals surface area contributed by atoms with Gasteiger partial charge in [-0.15, -0.1) is 0 Å². The van der Waals surface area contributed by atoms with E-state index in [1.165, 1.54) is 0 Å². The first kappa shape index (κ1) is 11.7. The van der Waals surface area contributed by atoms with Crippen molar-refractivity contribution < 1.29 is 14.1 Å². The molecule has 68 valence electrons. The van der Waals surface area contributed by atoms with Gasteiger partial charge in [0.05, 0.1) is 0 Å². The highest BCUT2D eigenvalue weighted by molar-refractivity contribution is 7.59. The molecule has 0 aliphatic carbocycles. The van der Waals surface area contributed by atoms with Crippen molar-refractivity contribution in [3.05, 3.63) is 0 Å². The smallest absolute Gasteiger partial charge is 0.173 e. The lowest BCUT2D eigenvalue weighted by molar-refractivity contribution is 0.455. The molecular weight excluding hydrogens is 182 g/mol. The molecule has 0 aromatic heterocycles. The Balaban J connectivity index is 3.32. The zero-order chi connectivity index (χ0) is 8.69. The second kappa shape index (κ2) is 7.39. The summed E-state index contributed by atoms with van der Waals surface area (Å²) < 4.78 is 4.97. The van der Waals surface area contributed by atoms with Crippen molar-refractivity contribution >= 4 is 16.8 Å². The third kappa shape index (κ3) is 7.11. The minimum absolute atomic E-state index is 0.665. The van der Waals surface area contributed by atoms with E-state index in [1.54, 1.807) is 0 Å². The lowest BCUT2D eigenvalue weighted by Crippen LogP contribution is -1.87. The molecule has 2 unspecified atom stereocenters. The fourth-order valence-electron chi connectivity index (χ4n) is 0.573. The maximum atomic E-state index is 9.15. The summed E-state index contributed by atoms with van der Waals surface area (Å²) in [6.07, 6.45) is 3.13. The zero-order valence-electron chi connectivity index (χ0n) is 7.03. The van der Waals surface area contributed by atoms with Gasteiger partial charge in [-0.3, -0.25) is 4.31 Å². The van der Waals surface area contributed by atoms with Crippen molar-refractivity contribution in [2.75, 3.05) is 12.3 Å². The monoisotopic (exact) mass is 198 g/mol. The second-order valence-corrected chi connectivity index (χ2v) is 5.19. The van der Waals surface area contributed by atoms with E-state index in [4.69, 9.17) is 14.1 Å². The van der Waals surface area contributed by atoms with Crippen LogP contribution in [0.15, 0.2) is 0 Å². The van der Waals surface area contributed by atoms with E-state index in [1.807, 2.05) is 13.8 Å². The van der Waals surface area contributed by atoms with Crippen LogP contribution >= 0.6 is 16.8 Å². The molecule has 0 aliphatic heterocycles. The summed E-state index contributed by atoms with van der Waals surface area (Å²) in [5, 5.41) is 0. The largest absolute Gasteiger partial charge is 0.350 e. The van der Waals surface area contributed by atoms with Gasteiger partial charge >= 0.3 is 0 Å². The molecule has 2 atom stereocenters. The molecule has 11 heavy (non-hydrogen) atoms. The van der Waals surface area contributed by atoms with E-state index in [9.17, 15) is 0 Å². The van der Waals surface area contributed by atoms with Crippen LogP contribution in [0.5, 0.6) is 0 Å². The Morgan fingerprint density at radius 2 is 1.36 bits per heavy atom. The molecule has 0 bridgehead atoms. The number of rotatable bonds is 6. The summed E-state index contributed by atoms with van der Waals surface area (Å²) in [4.78, 5) is 18.3. The van der Waals surface area contributed by atoms with Crippen molar-refractivity contribution in [2.45, 2.75) is 26.7 Å². The third-order valence-corrected chi connectivity index (χ3v) is 4.19. The first-order valence-corrected chi connectivity index (χ1v) is 6.61. The zero-order valence-corrected chi connectivity index (χ0v) is 8.81. The van der Waals surface area contributed by atoms with Crippen molar-refractivity contribution in [3.63, 3.8) is 0 Å². The van der Waals surface area contributed by atoms with E-state index in [0.29, 0.717) is 12.3 Å². The topological polar surface area (TPSA) is 49.7 Å². The van der Waals surface area contributed by atoms with Gasteiger partial charge in [0.15, 0.2) is 16.8 Å². The molecule has 0 heterocycles. The minimum Gasteiger partial charge on any atom is -0.350 e. The van der Waals surface area contributed by atoms with Gasteiger partial charge in [0.2, 0.25) is 0 Å². The van der Waals surface area contributed by atoms with E-state index >= 15 is 0 Å². The third-order valence-electron chi connectivity index (χ3n) is 1.02. The van der Waals surface area contributed by atoms with Gasteiger partial charge in [-0.05, 0) is 12.8 Å². The summed E-state index contributed by atoms with van der Waals surface area (Å²) in [5.74, 6) is 0. The molecule has 0 rings (SSSR count). The number of hydrogen-bond donors (Lipinski definition) is 2. The normalized spacial score (nSPS) is 16.4. The molecule has 0 saturated heterocycles. The quantitative estimate of drug-likeness (QED) is 0.644. The highest BCUT2D eigenvalue weighted by Crippen LogP contribution is 2.48. The van der Waals surface area contributed by atoms with E-state index < -0.39 is 16.8 Å². The summed E-state index contributed by atoms with van der Waals surface area (Å²) in [5.41, 5.74) is 0. The summed E-state index contributed by atoms with van der Waals surface area (Å²) in [6, 6.07) is 0. The van der Waals surface area contributed by atoms with Crippen LogP contribution < -0.4 is 0 Å². The van der Waals surface area contributed by atoms with Crippen molar-refractivity contribution in [1.29, 1.82) is 0 Å². The van der Waals surface area contributed by atoms with E-state index in [0.717, 1.165) is 12.8 Å². The van der Waals surface area contributed by atoms with Gasteiger partial charge in [-0.2, -0.15) is 0 Å². The highest BCUT2D eigenvalue weighted by Gasteiger charge is 2.10. The Morgan fingerprint density at radius 1 is 1.00 bits per heavy atom. The first-order chi connectivity index (χ1) is 5.20. The van der Waals surface area contributed by atoms with Gasteiger partial charge < -0.3 is 9.79 Å². The Bertz CT molecular complexity index is 81.9. The molecule has 0 aromatic rings. The summed E-state index contributed by atoms with van der Waals surface area (Å²) in [6.45, 7) is 3.96. The van der Waals surface area contributed by atoms with Crippen LogP contribution in [0.3, 0.4) is 0 Å². The van der Waals surface area contributed by atoms with E-state index in [2.05, 4.69) is 0 Å². The Hall–Kier alpha value is 0.740. The predicted octanol–water partition coefficient (Wildman–Crippen LogP) is 2.43. The van der Waals surface area contributed by atoms with Crippen LogP contribution in [0.25, 0.3) is 0 Å². The summed E-state index contributed by atoms with van der Waals surface area (Å²) >= 11 is 0. The fourth-order valence-corrected chi connectivity index (χ4v) is 2.86. The molecule has 3 nitrogen and oxygen atoms in total. The van der Waals surface area contributed by atoms with Crippen LogP contribution in [0, 0.1) is 0 Å². The molecule has 0 spiro atoms. The fraction of sp³-hybridized carbons (Fsp3) is 1.00. The molecule has 0 radical (unpaired) electrons. The predicted molar refractivity (Wildman–Crippen MR) is 49.7 cm³/mol. The van der Waals surface area contributed by atoms with Gasteiger partial charge in [-0.25, -0.2) is 0 Å².